The van der Waals surface area contributed by atoms with Crippen molar-refractivity contribution in [3.8, 4) is 23.6 Å². The van der Waals surface area contributed by atoms with Gasteiger partial charge in [-0.25, -0.2) is 0 Å². The van der Waals surface area contributed by atoms with Crippen LogP contribution >= 0.6 is 23.5 Å². The van der Waals surface area contributed by atoms with Gasteiger partial charge < -0.3 is 18.9 Å². The van der Waals surface area contributed by atoms with Crippen molar-refractivity contribution in [1.29, 1.82) is 10.5 Å². The third-order valence-corrected chi connectivity index (χ3v) is 7.66. The number of nitrogens with zero attached hydrogens (tertiary/aromatic N) is 2. The number of methoxy groups -OCH3 is 2. The summed E-state index contributed by atoms with van der Waals surface area (Å²) >= 11 is 3.35. The lowest BCUT2D eigenvalue weighted by Crippen LogP contribution is -2.11. The molecule has 32 heavy (non-hydrogen) atoms. The minimum Gasteiger partial charge on any atom is -0.491 e. The van der Waals surface area contributed by atoms with E-state index < -0.39 is 0 Å². The molecule has 0 bridgehead atoms. The van der Waals surface area contributed by atoms with E-state index in [1.807, 2.05) is 0 Å². The van der Waals surface area contributed by atoms with Crippen LogP contribution in [-0.2, 0) is 9.47 Å². The second-order valence-corrected chi connectivity index (χ2v) is 10.3. The summed E-state index contributed by atoms with van der Waals surface area (Å²) in [6, 6.07) is 4.44. The summed E-state index contributed by atoms with van der Waals surface area (Å²) in [5.74, 6) is 0.973. The van der Waals surface area contributed by atoms with Crippen molar-refractivity contribution in [1.82, 2.24) is 0 Å². The van der Waals surface area contributed by atoms with Crippen molar-refractivity contribution in [2.75, 3.05) is 40.6 Å². The van der Waals surface area contributed by atoms with Gasteiger partial charge in [-0.3, -0.25) is 0 Å². The van der Waals surface area contributed by atoms with Gasteiger partial charge in [0.25, 0.3) is 0 Å². The molecule has 0 saturated heterocycles. The Morgan fingerprint density at radius 3 is 1.38 bits per heavy atom. The monoisotopic (exact) mass is 480 g/mol. The van der Waals surface area contributed by atoms with Crippen LogP contribution in [-0.4, -0.2) is 51.1 Å². The number of rotatable bonds is 16. The number of ether oxygens (including phenoxy) is 4. The molecule has 0 N–H and O–H groups in total. The van der Waals surface area contributed by atoms with Gasteiger partial charge in [0.2, 0.25) is 0 Å². The van der Waals surface area contributed by atoms with Crippen molar-refractivity contribution >= 4 is 23.5 Å². The van der Waals surface area contributed by atoms with Gasteiger partial charge in [-0.05, 0) is 12.8 Å². The Bertz CT molecular complexity index is 725. The quantitative estimate of drug-likeness (QED) is 0.209. The van der Waals surface area contributed by atoms with Gasteiger partial charge in [0.1, 0.15) is 23.3 Å². The molecule has 0 aliphatic rings. The molecule has 0 aliphatic heterocycles. The number of hydrogen-bond acceptors (Lipinski definition) is 8. The fraction of sp³-hybridized carbons (Fsp3) is 0.667. The topological polar surface area (TPSA) is 84.5 Å². The zero-order valence-electron chi connectivity index (χ0n) is 20.2. The minimum absolute atomic E-state index is 0.242. The summed E-state index contributed by atoms with van der Waals surface area (Å²) in [5, 5.41) is 20.6. The van der Waals surface area contributed by atoms with Crippen LogP contribution in [0.5, 0.6) is 11.5 Å². The fourth-order valence-corrected chi connectivity index (χ4v) is 5.05. The largest absolute Gasteiger partial charge is 0.491 e. The Labute approximate surface area is 201 Å². The maximum Gasteiger partial charge on any atom is 0.153 e. The Hall–Kier alpha value is -1.58. The first-order valence-corrected chi connectivity index (χ1v) is 12.9. The smallest absolute Gasteiger partial charge is 0.153 e. The van der Waals surface area contributed by atoms with E-state index in [0.29, 0.717) is 61.3 Å². The summed E-state index contributed by atoms with van der Waals surface area (Å²) in [5.41, 5.74) is 0.483. The standard InChI is InChI=1S/C24H36N2O4S2/c1-7-17(3)31-23-21(29-13-9-11-27-5)19(15-25)20(16-26)22(30-14-10-12-28-6)24(23)32-18(4)8-2/h17-18H,7-14H2,1-6H3. The Morgan fingerprint density at radius 2 is 1.09 bits per heavy atom. The first-order chi connectivity index (χ1) is 15.5. The molecule has 0 heterocycles. The predicted octanol–water partition coefficient (Wildman–Crippen LogP) is 6.04. The zero-order chi connectivity index (χ0) is 23.9. The van der Waals surface area contributed by atoms with Crippen molar-refractivity contribution in [3.05, 3.63) is 11.1 Å². The van der Waals surface area contributed by atoms with Crippen molar-refractivity contribution < 1.29 is 18.9 Å². The number of hydrogen-bond donors (Lipinski definition) is 0. The molecule has 1 rings (SSSR count). The molecule has 0 fully saturated rings. The second kappa shape index (κ2) is 16.1. The van der Waals surface area contributed by atoms with Crippen molar-refractivity contribution in [3.63, 3.8) is 0 Å². The molecule has 0 aliphatic carbocycles. The van der Waals surface area contributed by atoms with E-state index in [4.69, 9.17) is 18.9 Å². The highest BCUT2D eigenvalue weighted by Crippen LogP contribution is 2.51. The molecule has 0 amide bonds. The predicted molar refractivity (Wildman–Crippen MR) is 131 cm³/mol. The average Bonchev–Trinajstić information content (AvgIpc) is 2.80. The normalized spacial score (nSPS) is 12.6. The highest BCUT2D eigenvalue weighted by atomic mass is 32.2. The van der Waals surface area contributed by atoms with Crippen LogP contribution in [0.15, 0.2) is 9.79 Å². The molecule has 2 atom stereocenters. The summed E-state index contributed by atoms with van der Waals surface area (Å²) in [4.78, 5) is 1.78. The third-order valence-electron chi connectivity index (χ3n) is 4.81. The highest BCUT2D eigenvalue weighted by Gasteiger charge is 2.29. The van der Waals surface area contributed by atoms with Crippen molar-refractivity contribution in [2.24, 2.45) is 0 Å². The van der Waals surface area contributed by atoms with Gasteiger partial charge in [0.15, 0.2) is 11.5 Å². The summed E-state index contributed by atoms with van der Waals surface area (Å²) < 4.78 is 22.5. The molecule has 6 nitrogen and oxygen atoms in total. The summed E-state index contributed by atoms with van der Waals surface area (Å²) in [6.07, 6.45) is 3.32. The lowest BCUT2D eigenvalue weighted by molar-refractivity contribution is 0.168. The van der Waals surface area contributed by atoms with E-state index in [1.165, 1.54) is 0 Å². The molecule has 1 aromatic rings. The SMILES string of the molecule is CCC(C)Sc1c(OCCCOC)c(C#N)c(C#N)c(OCCCOC)c1SC(C)CC. The average molecular weight is 481 g/mol. The molecule has 0 aromatic heterocycles. The van der Waals surface area contributed by atoms with Crippen molar-refractivity contribution in [2.45, 2.75) is 73.7 Å². The Kier molecular flexibility index (Phi) is 14.3. The first kappa shape index (κ1) is 28.5. The number of thioether (sulfide) groups is 2. The zero-order valence-corrected chi connectivity index (χ0v) is 21.8. The fourth-order valence-electron chi connectivity index (χ4n) is 2.69. The van der Waals surface area contributed by atoms with Crippen LogP contribution in [0.3, 0.4) is 0 Å². The van der Waals surface area contributed by atoms with Crippen LogP contribution in [0, 0.1) is 22.7 Å². The first-order valence-electron chi connectivity index (χ1n) is 11.1. The van der Waals surface area contributed by atoms with Gasteiger partial charge >= 0.3 is 0 Å². The molecule has 8 heteroatoms. The molecule has 0 saturated carbocycles. The van der Waals surface area contributed by atoms with Gasteiger partial charge in [-0.15, -0.1) is 23.5 Å². The van der Waals surface area contributed by atoms with Crippen LogP contribution < -0.4 is 9.47 Å². The lowest BCUT2D eigenvalue weighted by Gasteiger charge is -2.24. The summed E-state index contributed by atoms with van der Waals surface area (Å²) in [7, 11) is 3.30. The Balaban J connectivity index is 3.68. The van der Waals surface area contributed by atoms with Crippen LogP contribution in [0.1, 0.15) is 64.5 Å². The lowest BCUT2D eigenvalue weighted by atomic mass is 10.1. The molecule has 0 radical (unpaired) electrons. The van der Waals surface area contributed by atoms with Crippen LogP contribution in [0.25, 0.3) is 0 Å². The molecular weight excluding hydrogens is 444 g/mol. The van der Waals surface area contributed by atoms with E-state index in [0.717, 1.165) is 22.6 Å². The van der Waals surface area contributed by atoms with E-state index in [9.17, 15) is 10.5 Å². The van der Waals surface area contributed by atoms with E-state index in [-0.39, 0.29) is 11.1 Å². The number of benzene rings is 1. The van der Waals surface area contributed by atoms with Gasteiger partial charge in [-0.1, -0.05) is 27.7 Å². The van der Waals surface area contributed by atoms with E-state index in [2.05, 4.69) is 39.8 Å². The maximum absolute atomic E-state index is 10.0. The van der Waals surface area contributed by atoms with Gasteiger partial charge in [0.05, 0.1) is 23.0 Å². The molecule has 2 unspecified atom stereocenters. The second-order valence-electron chi connectivity index (χ2n) is 7.35. The molecular formula is C24H36N2O4S2. The Morgan fingerprint density at radius 1 is 0.719 bits per heavy atom. The maximum atomic E-state index is 10.0. The highest BCUT2D eigenvalue weighted by molar-refractivity contribution is 8.03. The van der Waals surface area contributed by atoms with Gasteiger partial charge in [0, 0.05) is 50.8 Å². The molecule has 178 valence electrons. The minimum atomic E-state index is 0.242. The van der Waals surface area contributed by atoms with E-state index in [1.54, 1.807) is 37.7 Å². The third kappa shape index (κ3) is 8.41. The molecule has 1 aromatic carbocycles. The van der Waals surface area contributed by atoms with Gasteiger partial charge in [-0.2, -0.15) is 10.5 Å². The summed E-state index contributed by atoms with van der Waals surface area (Å²) in [6.45, 7) is 10.5. The number of nitriles is 2. The van der Waals surface area contributed by atoms with E-state index >= 15 is 0 Å². The van der Waals surface area contributed by atoms with Crippen LogP contribution in [0.2, 0.25) is 0 Å². The van der Waals surface area contributed by atoms with Crippen LogP contribution in [0.4, 0.5) is 0 Å². The molecule has 0 spiro atoms.